The van der Waals surface area contributed by atoms with Crippen LogP contribution in [0.1, 0.15) is 15.9 Å². The van der Waals surface area contributed by atoms with E-state index >= 15 is 0 Å². The molecule has 0 aliphatic heterocycles. The number of rotatable bonds is 3. The summed E-state index contributed by atoms with van der Waals surface area (Å²) in [6.45, 7) is 2.05. The minimum Gasteiger partial charge on any atom is -0.465 e. The van der Waals surface area contributed by atoms with Crippen molar-refractivity contribution in [2.75, 3.05) is 12.8 Å². The Morgan fingerprint density at radius 3 is 2.86 bits per heavy atom. The van der Waals surface area contributed by atoms with E-state index in [-0.39, 0.29) is 5.97 Å². The Hall–Kier alpha value is -1.45. The zero-order valence-electron chi connectivity index (χ0n) is 8.54. The highest BCUT2D eigenvalue weighted by Crippen LogP contribution is 2.18. The van der Waals surface area contributed by atoms with Crippen LogP contribution in [0.4, 0.5) is 5.69 Å². The van der Waals surface area contributed by atoms with Gasteiger partial charge in [-0.3, -0.25) is 0 Å². The molecule has 0 aliphatic carbocycles. The molecule has 0 aromatic heterocycles. The second-order valence-corrected chi connectivity index (χ2v) is 3.11. The number of benzene rings is 1. The Bertz CT molecular complexity index is 339. The van der Waals surface area contributed by atoms with Crippen molar-refractivity contribution in [1.29, 1.82) is 0 Å². The maximum atomic E-state index is 11.4. The fourth-order valence-electron chi connectivity index (χ4n) is 1.43. The first-order valence-electron chi connectivity index (χ1n) is 4.66. The number of methoxy groups -OCH3 is 1. The van der Waals surface area contributed by atoms with E-state index in [1.54, 1.807) is 18.2 Å². The summed E-state index contributed by atoms with van der Waals surface area (Å²) < 4.78 is 4.68. The van der Waals surface area contributed by atoms with Crippen molar-refractivity contribution in [3.05, 3.63) is 29.3 Å². The highest BCUT2D eigenvalue weighted by molar-refractivity contribution is 6.33. The molecule has 0 spiro atoms. The highest BCUT2D eigenvalue weighted by atomic mass is 16.5. The first-order valence-corrected chi connectivity index (χ1v) is 4.66. The van der Waals surface area contributed by atoms with Crippen LogP contribution in [0.2, 0.25) is 6.82 Å². The molecular formula is C10H14BNO2. The average molecular weight is 191 g/mol. The van der Waals surface area contributed by atoms with Crippen LogP contribution in [-0.2, 0) is 11.1 Å². The molecule has 74 valence electrons. The summed E-state index contributed by atoms with van der Waals surface area (Å²) in [5.74, 6) is -0.319. The highest BCUT2D eigenvalue weighted by Gasteiger charge is 2.12. The van der Waals surface area contributed by atoms with E-state index in [1.165, 1.54) is 7.11 Å². The first-order chi connectivity index (χ1) is 6.70. The maximum absolute atomic E-state index is 11.4. The lowest BCUT2D eigenvalue weighted by molar-refractivity contribution is 0.0600. The van der Waals surface area contributed by atoms with Crippen molar-refractivity contribution in [2.24, 2.45) is 0 Å². The molecule has 0 saturated carbocycles. The molecule has 1 aromatic carbocycles. The number of ether oxygens (including phenoxy) is 1. The molecule has 14 heavy (non-hydrogen) atoms. The normalized spacial score (nSPS) is 9.57. The van der Waals surface area contributed by atoms with Crippen LogP contribution in [0, 0.1) is 0 Å². The number of esters is 1. The van der Waals surface area contributed by atoms with Gasteiger partial charge in [0, 0.05) is 5.69 Å². The van der Waals surface area contributed by atoms with Gasteiger partial charge in [0.05, 0.1) is 12.7 Å². The Kier molecular flexibility index (Phi) is 3.57. The lowest BCUT2D eigenvalue weighted by Gasteiger charge is -2.09. The Morgan fingerprint density at radius 1 is 1.57 bits per heavy atom. The topological polar surface area (TPSA) is 52.3 Å². The molecule has 2 N–H and O–H groups in total. The van der Waals surface area contributed by atoms with Gasteiger partial charge in [-0.05, 0) is 17.7 Å². The number of hydrogen-bond acceptors (Lipinski definition) is 3. The molecule has 0 unspecified atom stereocenters. The van der Waals surface area contributed by atoms with Crippen molar-refractivity contribution in [2.45, 2.75) is 13.1 Å². The van der Waals surface area contributed by atoms with Crippen LogP contribution in [0.25, 0.3) is 0 Å². The zero-order chi connectivity index (χ0) is 10.6. The van der Waals surface area contributed by atoms with E-state index in [9.17, 15) is 4.79 Å². The number of anilines is 1. The van der Waals surface area contributed by atoms with Crippen molar-refractivity contribution in [1.82, 2.24) is 0 Å². The van der Waals surface area contributed by atoms with Gasteiger partial charge in [-0.25, -0.2) is 4.79 Å². The summed E-state index contributed by atoms with van der Waals surface area (Å²) in [6.07, 6.45) is 0.803. The van der Waals surface area contributed by atoms with E-state index < -0.39 is 0 Å². The Labute approximate surface area is 84.5 Å². The SMILES string of the molecule is CBCc1c(N)cccc1C(=O)OC. The third-order valence-electron chi connectivity index (χ3n) is 2.12. The predicted octanol–water partition coefficient (Wildman–Crippen LogP) is 1.04. The van der Waals surface area contributed by atoms with E-state index in [0.29, 0.717) is 11.3 Å². The van der Waals surface area contributed by atoms with Gasteiger partial charge in [0.1, 0.15) is 7.28 Å². The molecule has 0 aliphatic rings. The molecule has 0 amide bonds. The van der Waals surface area contributed by atoms with Crippen LogP contribution in [-0.4, -0.2) is 20.4 Å². The number of carbonyl (C=O) groups is 1. The van der Waals surface area contributed by atoms with E-state index in [0.717, 1.165) is 19.2 Å². The maximum Gasteiger partial charge on any atom is 0.338 e. The van der Waals surface area contributed by atoms with Gasteiger partial charge in [0.25, 0.3) is 0 Å². The third kappa shape index (κ3) is 2.07. The second-order valence-electron chi connectivity index (χ2n) is 3.11. The molecule has 0 heterocycles. The third-order valence-corrected chi connectivity index (χ3v) is 2.12. The number of carbonyl (C=O) groups excluding carboxylic acids is 1. The van der Waals surface area contributed by atoms with E-state index in [4.69, 9.17) is 5.73 Å². The first kappa shape index (κ1) is 10.6. The van der Waals surface area contributed by atoms with Gasteiger partial charge >= 0.3 is 5.97 Å². The van der Waals surface area contributed by atoms with Gasteiger partial charge < -0.3 is 10.5 Å². The van der Waals surface area contributed by atoms with E-state index in [1.807, 2.05) is 6.82 Å². The summed E-state index contributed by atoms with van der Waals surface area (Å²) in [4.78, 5) is 11.4. The number of nitrogens with two attached hydrogens (primary N) is 1. The van der Waals surface area contributed by atoms with E-state index in [2.05, 4.69) is 4.74 Å². The van der Waals surface area contributed by atoms with Crippen LogP contribution >= 0.6 is 0 Å². The molecular weight excluding hydrogens is 177 g/mol. The van der Waals surface area contributed by atoms with Crippen molar-refractivity contribution >= 4 is 18.9 Å². The molecule has 3 nitrogen and oxygen atoms in total. The summed E-state index contributed by atoms with van der Waals surface area (Å²) in [5.41, 5.74) is 7.92. The van der Waals surface area contributed by atoms with Crippen LogP contribution in [0.15, 0.2) is 18.2 Å². The quantitative estimate of drug-likeness (QED) is 0.441. The molecule has 4 heteroatoms. The van der Waals surface area contributed by atoms with Gasteiger partial charge in [0.2, 0.25) is 0 Å². The predicted molar refractivity (Wildman–Crippen MR) is 58.9 cm³/mol. The lowest BCUT2D eigenvalue weighted by Crippen LogP contribution is -2.09. The molecule has 0 atom stereocenters. The van der Waals surface area contributed by atoms with Gasteiger partial charge in [-0.15, -0.1) is 0 Å². The summed E-state index contributed by atoms with van der Waals surface area (Å²) >= 11 is 0. The fraction of sp³-hybridized carbons (Fsp3) is 0.300. The van der Waals surface area contributed by atoms with Crippen molar-refractivity contribution < 1.29 is 9.53 Å². The Balaban J connectivity index is 3.13. The van der Waals surface area contributed by atoms with Crippen molar-refractivity contribution in [3.8, 4) is 0 Å². The summed E-state index contributed by atoms with van der Waals surface area (Å²) in [7, 11) is 2.33. The molecule has 1 rings (SSSR count). The van der Waals surface area contributed by atoms with Gasteiger partial charge in [-0.1, -0.05) is 19.2 Å². The molecule has 1 aromatic rings. The monoisotopic (exact) mass is 191 g/mol. The fourth-order valence-corrected chi connectivity index (χ4v) is 1.43. The largest absolute Gasteiger partial charge is 0.465 e. The summed E-state index contributed by atoms with van der Waals surface area (Å²) in [5, 5.41) is 0. The van der Waals surface area contributed by atoms with Gasteiger partial charge in [0.15, 0.2) is 0 Å². The Morgan fingerprint density at radius 2 is 2.29 bits per heavy atom. The molecule has 0 saturated heterocycles. The van der Waals surface area contributed by atoms with Crippen LogP contribution < -0.4 is 5.73 Å². The van der Waals surface area contributed by atoms with Crippen LogP contribution in [0.5, 0.6) is 0 Å². The zero-order valence-corrected chi connectivity index (χ0v) is 8.54. The second kappa shape index (κ2) is 4.70. The molecule has 0 bridgehead atoms. The smallest absolute Gasteiger partial charge is 0.338 e. The van der Waals surface area contributed by atoms with Gasteiger partial charge in [-0.2, -0.15) is 0 Å². The standard InChI is InChI=1S/C10H14BNO2/c1-11-6-8-7(10(13)14-2)4-3-5-9(8)12/h3-5,11H,6,12H2,1-2H3. The molecule has 0 fully saturated rings. The lowest BCUT2D eigenvalue weighted by atomic mass is 9.73. The minimum atomic E-state index is -0.319. The number of hydrogen-bond donors (Lipinski definition) is 1. The summed E-state index contributed by atoms with van der Waals surface area (Å²) in [6, 6.07) is 5.31. The van der Waals surface area contributed by atoms with Crippen molar-refractivity contribution in [3.63, 3.8) is 0 Å². The molecule has 0 radical (unpaired) electrons. The van der Waals surface area contributed by atoms with Crippen LogP contribution in [0.3, 0.4) is 0 Å². The number of nitrogen functional groups attached to an aromatic ring is 1. The average Bonchev–Trinajstić information content (AvgIpc) is 2.20. The minimum absolute atomic E-state index is 0.319.